The molecule has 9 heteroatoms. The van der Waals surface area contributed by atoms with Crippen LogP contribution < -0.4 is 5.11 Å². The quantitative estimate of drug-likeness (QED) is 0.0195. The van der Waals surface area contributed by atoms with E-state index < -0.39 is 24.3 Å². The molecule has 0 rings (SSSR count). The molecule has 0 aromatic carbocycles. The molecule has 550 valence electrons. The third kappa shape index (κ3) is 77.9. The Morgan fingerprint density at radius 1 is 0.309 bits per heavy atom. The average molecular weight is 1350 g/mol. The first-order valence-corrected chi connectivity index (χ1v) is 39.3. The van der Waals surface area contributed by atoms with Crippen molar-refractivity contribution < 1.29 is 42.9 Å². The minimum absolute atomic E-state index is 0.140. The molecule has 0 bridgehead atoms. The summed E-state index contributed by atoms with van der Waals surface area (Å²) in [4.78, 5) is 37.6. The van der Waals surface area contributed by atoms with E-state index in [-0.39, 0.29) is 38.6 Å². The van der Waals surface area contributed by atoms with Crippen LogP contribution in [0.2, 0.25) is 0 Å². The number of carboxylic acids is 1. The minimum Gasteiger partial charge on any atom is -0.545 e. The van der Waals surface area contributed by atoms with Gasteiger partial charge in [-0.15, -0.1) is 0 Å². The molecule has 0 fully saturated rings. The van der Waals surface area contributed by atoms with E-state index in [9.17, 15) is 19.5 Å². The Kier molecular flexibility index (Phi) is 72.2. The zero-order chi connectivity index (χ0) is 70.4. The molecule has 0 aliphatic rings. The van der Waals surface area contributed by atoms with Crippen LogP contribution in [0.5, 0.6) is 0 Å². The highest BCUT2D eigenvalue weighted by molar-refractivity contribution is 5.70. The summed E-state index contributed by atoms with van der Waals surface area (Å²) in [6, 6.07) is 0. The maximum Gasteiger partial charge on any atom is 0.306 e. The average Bonchev–Trinajstić information content (AvgIpc) is 3.74. The van der Waals surface area contributed by atoms with Crippen LogP contribution in [-0.2, 0) is 33.3 Å². The SMILES string of the molecule is CC/C=C\C/C=C\C/C=C\C/C=C\C/C=C\C/C=C\C/C=C\C/C=C\CCCCCCCCCCCCC(=O)OC(COC(=O)CCCCCCCCCCCCCCCCCCCC/C=C\C/C=C\C/C=C\C/C=C\C/C=C\C/C=C\CC)COC(OCC[N+](C)(C)C)C(=O)[O-]. The lowest BCUT2D eigenvalue weighted by molar-refractivity contribution is -0.870. The molecule has 0 aliphatic carbocycles. The summed E-state index contributed by atoms with van der Waals surface area (Å²) >= 11 is 0. The fraction of sp³-hybridized carbons (Fsp3) is 0.648. The number of carbonyl (C=O) groups excluding carboxylic acids is 3. The predicted octanol–water partition coefficient (Wildman–Crippen LogP) is 24.0. The van der Waals surface area contributed by atoms with Crippen LogP contribution in [0.1, 0.15) is 309 Å². The molecule has 0 radical (unpaired) electrons. The Bertz CT molecular complexity index is 2210. The predicted molar refractivity (Wildman–Crippen MR) is 416 cm³/mol. The van der Waals surface area contributed by atoms with Gasteiger partial charge in [-0.1, -0.05) is 338 Å². The number of rotatable bonds is 71. The van der Waals surface area contributed by atoms with Crippen LogP contribution in [0.15, 0.2) is 170 Å². The Morgan fingerprint density at radius 2 is 0.557 bits per heavy atom. The van der Waals surface area contributed by atoms with Crippen molar-refractivity contribution in [3.05, 3.63) is 170 Å². The van der Waals surface area contributed by atoms with Gasteiger partial charge in [0.25, 0.3) is 0 Å². The van der Waals surface area contributed by atoms with Gasteiger partial charge in [0.15, 0.2) is 12.4 Å². The maximum atomic E-state index is 13.0. The van der Waals surface area contributed by atoms with E-state index in [1.807, 2.05) is 21.1 Å². The summed E-state index contributed by atoms with van der Waals surface area (Å²) < 4.78 is 22.8. The normalized spacial score (nSPS) is 13.6. The molecule has 0 saturated heterocycles. The molecule has 0 aromatic rings. The third-order valence-corrected chi connectivity index (χ3v) is 16.5. The molecule has 0 aromatic heterocycles. The van der Waals surface area contributed by atoms with Crippen LogP contribution in [0.25, 0.3) is 0 Å². The van der Waals surface area contributed by atoms with E-state index in [1.165, 1.54) is 141 Å². The first-order chi connectivity index (χ1) is 47.6. The van der Waals surface area contributed by atoms with E-state index in [0.29, 0.717) is 17.4 Å². The smallest absolute Gasteiger partial charge is 0.306 e. The number of likely N-dealkylation sites (N-methyl/N-ethyl adjacent to an activating group) is 1. The summed E-state index contributed by atoms with van der Waals surface area (Å²) in [5.74, 6) is -2.29. The molecule has 0 spiro atoms. The Balaban J connectivity index is 4.09. The van der Waals surface area contributed by atoms with Gasteiger partial charge in [0.05, 0.1) is 40.3 Å². The van der Waals surface area contributed by atoms with Crippen molar-refractivity contribution >= 4 is 17.9 Å². The van der Waals surface area contributed by atoms with Gasteiger partial charge in [0.1, 0.15) is 13.2 Å². The van der Waals surface area contributed by atoms with Crippen LogP contribution in [0, 0.1) is 0 Å². The van der Waals surface area contributed by atoms with E-state index in [0.717, 1.165) is 135 Å². The van der Waals surface area contributed by atoms with Gasteiger partial charge in [0.2, 0.25) is 0 Å². The summed E-state index contributed by atoms with van der Waals surface area (Å²) in [7, 11) is 5.93. The number of ether oxygens (including phenoxy) is 4. The lowest BCUT2D eigenvalue weighted by atomic mass is 10.0. The number of hydrogen-bond donors (Lipinski definition) is 0. The van der Waals surface area contributed by atoms with Gasteiger partial charge in [0, 0.05) is 12.8 Å². The minimum atomic E-state index is -1.63. The lowest BCUT2D eigenvalue weighted by Crippen LogP contribution is -2.44. The molecular formula is C88H145NO8. The van der Waals surface area contributed by atoms with Gasteiger partial charge in [-0.2, -0.15) is 0 Å². The molecule has 9 nitrogen and oxygen atoms in total. The zero-order valence-corrected chi connectivity index (χ0v) is 62.9. The molecule has 0 amide bonds. The highest BCUT2D eigenvalue weighted by Gasteiger charge is 2.22. The van der Waals surface area contributed by atoms with Crippen molar-refractivity contribution in [1.82, 2.24) is 0 Å². The highest BCUT2D eigenvalue weighted by Crippen LogP contribution is 2.17. The number of hydrogen-bond acceptors (Lipinski definition) is 8. The number of carboxylic acid groups (broad SMARTS) is 1. The topological polar surface area (TPSA) is 111 Å². The van der Waals surface area contributed by atoms with Crippen molar-refractivity contribution in [1.29, 1.82) is 0 Å². The maximum absolute atomic E-state index is 13.0. The monoisotopic (exact) mass is 1340 g/mol. The standard InChI is InChI=1S/C88H145NO8/c1-6-8-10-12-14-16-18-20-22-24-26-28-30-32-34-36-38-40-42-43-45-46-48-50-52-54-56-58-60-62-64-66-68-70-72-74-76-78-85(90)95-82-84(83-96-88(87(92)93)94-81-80-89(3,4)5)97-86(91)79-77-75-73-71-69-67-65-63-61-59-57-55-53-51-49-47-44-41-39-37-35-33-31-29-27-25-23-21-19-17-15-13-11-9-7-2/h8-11,14-17,20-23,26-29,32-35,38-41,47,49,53,55,84,88H,6-7,12-13,18-19,24-25,30-31,36-37,42-46,48,50-52,54,56-83H2,1-5H3/b10-8-,11-9-,16-14-,17-15-,22-20-,23-21-,28-26-,29-27-,34-32-,35-33-,40-38-,41-39-,49-47-,55-53-. The molecule has 2 unspecified atom stereocenters. The number of carbonyl (C=O) groups is 3. The van der Waals surface area contributed by atoms with E-state index in [2.05, 4.69) is 184 Å². The van der Waals surface area contributed by atoms with Gasteiger partial charge < -0.3 is 33.3 Å². The Morgan fingerprint density at radius 3 is 0.825 bits per heavy atom. The highest BCUT2D eigenvalue weighted by atomic mass is 16.7. The number of unbranched alkanes of at least 4 members (excludes halogenated alkanes) is 28. The summed E-state index contributed by atoms with van der Waals surface area (Å²) in [5.41, 5.74) is 0. The number of nitrogens with zero attached hydrogens (tertiary/aromatic N) is 1. The van der Waals surface area contributed by atoms with Crippen LogP contribution in [0.3, 0.4) is 0 Å². The van der Waals surface area contributed by atoms with Gasteiger partial charge in [-0.05, 0) is 128 Å². The second kappa shape index (κ2) is 76.4. The first-order valence-electron chi connectivity index (χ1n) is 39.3. The van der Waals surface area contributed by atoms with Crippen molar-refractivity contribution in [2.24, 2.45) is 0 Å². The summed E-state index contributed by atoms with van der Waals surface area (Å²) in [6.07, 6.45) is 112. The lowest BCUT2D eigenvalue weighted by Gasteiger charge is -2.26. The van der Waals surface area contributed by atoms with Crippen LogP contribution >= 0.6 is 0 Å². The fourth-order valence-electron chi connectivity index (χ4n) is 10.6. The summed E-state index contributed by atoms with van der Waals surface area (Å²) in [5, 5.41) is 11.9. The van der Waals surface area contributed by atoms with Crippen molar-refractivity contribution in [2.45, 2.75) is 322 Å². The molecule has 97 heavy (non-hydrogen) atoms. The molecular weight excluding hydrogens is 1200 g/mol. The van der Waals surface area contributed by atoms with Crippen molar-refractivity contribution in [3.8, 4) is 0 Å². The van der Waals surface area contributed by atoms with Gasteiger partial charge in [-0.3, -0.25) is 9.59 Å². The Labute approximate surface area is 597 Å². The largest absolute Gasteiger partial charge is 0.545 e. The number of aliphatic carboxylic acids is 1. The molecule has 0 N–H and O–H groups in total. The summed E-state index contributed by atoms with van der Waals surface area (Å²) in [6.45, 7) is 4.52. The zero-order valence-electron chi connectivity index (χ0n) is 62.9. The van der Waals surface area contributed by atoms with Crippen LogP contribution in [0.4, 0.5) is 0 Å². The second-order valence-electron chi connectivity index (χ2n) is 26.9. The fourth-order valence-corrected chi connectivity index (χ4v) is 10.6. The van der Waals surface area contributed by atoms with E-state index in [4.69, 9.17) is 18.9 Å². The molecule has 0 saturated carbocycles. The molecule has 0 aliphatic heterocycles. The van der Waals surface area contributed by atoms with Crippen LogP contribution in [-0.4, -0.2) is 82.3 Å². The Hall–Kier alpha value is -5.35. The van der Waals surface area contributed by atoms with Gasteiger partial charge >= 0.3 is 11.9 Å². The third-order valence-electron chi connectivity index (χ3n) is 16.5. The molecule has 2 atom stereocenters. The number of esters is 2. The molecule has 0 heterocycles. The first kappa shape index (κ1) is 91.6. The van der Waals surface area contributed by atoms with E-state index >= 15 is 0 Å². The van der Waals surface area contributed by atoms with Crippen molar-refractivity contribution in [2.75, 3.05) is 47.5 Å². The number of quaternary nitrogens is 1. The van der Waals surface area contributed by atoms with E-state index in [1.54, 1.807) is 0 Å². The second-order valence-corrected chi connectivity index (χ2v) is 26.9. The number of allylic oxidation sites excluding steroid dienone is 28. The van der Waals surface area contributed by atoms with Crippen molar-refractivity contribution in [3.63, 3.8) is 0 Å². The van der Waals surface area contributed by atoms with Gasteiger partial charge in [-0.25, -0.2) is 0 Å².